The van der Waals surface area contributed by atoms with Gasteiger partial charge in [-0.2, -0.15) is 0 Å². The minimum Gasteiger partial charge on any atom is -0.478 e. The van der Waals surface area contributed by atoms with Crippen molar-refractivity contribution < 1.29 is 14.3 Å². The molecule has 3 rings (SSSR count). The van der Waals surface area contributed by atoms with Crippen LogP contribution in [0.2, 0.25) is 0 Å². The fourth-order valence-corrected chi connectivity index (χ4v) is 1.73. The number of aryl methyl sites for hydroxylation is 1. The Morgan fingerprint density at radius 2 is 2.22 bits per heavy atom. The van der Waals surface area contributed by atoms with E-state index in [1.165, 1.54) is 10.6 Å². The number of aromatic carboxylic acids is 1. The lowest BCUT2D eigenvalue weighted by atomic mass is 10.3. The van der Waals surface area contributed by atoms with Gasteiger partial charge in [-0.25, -0.2) is 14.3 Å². The Kier molecular flexibility index (Phi) is 2.16. The van der Waals surface area contributed by atoms with Crippen molar-refractivity contribution in [2.75, 3.05) is 0 Å². The zero-order valence-corrected chi connectivity index (χ0v) is 9.49. The normalized spacial score (nSPS) is 10.9. The molecule has 3 aromatic rings. The van der Waals surface area contributed by atoms with Gasteiger partial charge in [0, 0.05) is 6.20 Å². The van der Waals surface area contributed by atoms with E-state index in [1.54, 1.807) is 24.4 Å². The van der Waals surface area contributed by atoms with Crippen LogP contribution in [-0.4, -0.2) is 25.7 Å². The molecule has 0 saturated heterocycles. The summed E-state index contributed by atoms with van der Waals surface area (Å²) in [5.41, 5.74) is 0.411. The average Bonchev–Trinajstić information content (AvgIpc) is 2.93. The lowest BCUT2D eigenvalue weighted by Gasteiger charge is -1.94. The van der Waals surface area contributed by atoms with Crippen molar-refractivity contribution in [1.82, 2.24) is 14.6 Å². The zero-order chi connectivity index (χ0) is 12.7. The Morgan fingerprint density at radius 1 is 1.39 bits per heavy atom. The maximum absolute atomic E-state index is 11.1. The maximum atomic E-state index is 11.1. The largest absolute Gasteiger partial charge is 0.478 e. The number of carboxylic acid groups (broad SMARTS) is 1. The molecular weight excluding hydrogens is 234 g/mol. The fraction of sp³-hybridized carbons (Fsp3) is 0.0833. The molecule has 6 heteroatoms. The van der Waals surface area contributed by atoms with Crippen LogP contribution >= 0.6 is 0 Å². The third-order valence-electron chi connectivity index (χ3n) is 2.55. The zero-order valence-electron chi connectivity index (χ0n) is 9.49. The van der Waals surface area contributed by atoms with E-state index in [2.05, 4.69) is 10.1 Å². The molecule has 3 heterocycles. The molecule has 0 atom stereocenters. The molecule has 0 saturated carbocycles. The van der Waals surface area contributed by atoms with Gasteiger partial charge in [-0.1, -0.05) is 0 Å². The molecule has 3 aromatic heterocycles. The quantitative estimate of drug-likeness (QED) is 0.744. The summed E-state index contributed by atoms with van der Waals surface area (Å²) >= 11 is 0. The van der Waals surface area contributed by atoms with Crippen LogP contribution in [0.3, 0.4) is 0 Å². The van der Waals surface area contributed by atoms with Crippen LogP contribution in [0.15, 0.2) is 34.9 Å². The third kappa shape index (κ3) is 1.55. The van der Waals surface area contributed by atoms with Crippen LogP contribution in [0.25, 0.3) is 17.2 Å². The smallest absolute Gasteiger partial charge is 0.339 e. The van der Waals surface area contributed by atoms with Gasteiger partial charge in [0.1, 0.15) is 11.3 Å². The van der Waals surface area contributed by atoms with Gasteiger partial charge in [0.15, 0.2) is 11.4 Å². The Bertz CT molecular complexity index is 742. The summed E-state index contributed by atoms with van der Waals surface area (Å²) in [5, 5.41) is 13.3. The van der Waals surface area contributed by atoms with Crippen molar-refractivity contribution in [3.05, 3.63) is 41.8 Å². The summed E-state index contributed by atoms with van der Waals surface area (Å²) in [6.45, 7) is 1.82. The number of pyridine rings is 1. The average molecular weight is 243 g/mol. The van der Waals surface area contributed by atoms with Gasteiger partial charge in [0.25, 0.3) is 0 Å². The standard InChI is InChI=1S/C12H9N3O3/c1-7-4-5-9(18-7)10-13-11-8(12(16)17)3-2-6-15(11)14-10/h2-6H,1H3,(H,16,17). The minimum atomic E-state index is -1.03. The van der Waals surface area contributed by atoms with Gasteiger partial charge in [-0.15, -0.1) is 5.10 Å². The Labute approximate surface area is 101 Å². The van der Waals surface area contributed by atoms with E-state index in [9.17, 15) is 4.79 Å². The van der Waals surface area contributed by atoms with E-state index in [0.29, 0.717) is 17.2 Å². The molecule has 0 radical (unpaired) electrons. The SMILES string of the molecule is Cc1ccc(-c2nc3c(C(=O)O)cccn3n2)o1. The van der Waals surface area contributed by atoms with Crippen molar-refractivity contribution in [2.45, 2.75) is 6.92 Å². The summed E-state index contributed by atoms with van der Waals surface area (Å²) < 4.78 is 6.84. The molecule has 1 N–H and O–H groups in total. The number of nitrogens with zero attached hydrogens (tertiary/aromatic N) is 3. The molecule has 0 amide bonds. The predicted octanol–water partition coefficient (Wildman–Crippen LogP) is 2.00. The first-order valence-electron chi connectivity index (χ1n) is 5.30. The molecular formula is C12H9N3O3. The van der Waals surface area contributed by atoms with Gasteiger partial charge in [-0.05, 0) is 31.2 Å². The number of carbonyl (C=O) groups is 1. The van der Waals surface area contributed by atoms with E-state index in [0.717, 1.165) is 5.76 Å². The van der Waals surface area contributed by atoms with Crippen LogP contribution in [-0.2, 0) is 0 Å². The molecule has 0 fully saturated rings. The van der Waals surface area contributed by atoms with Crippen LogP contribution in [0.1, 0.15) is 16.1 Å². The summed E-state index contributed by atoms with van der Waals surface area (Å²) in [6.07, 6.45) is 1.65. The van der Waals surface area contributed by atoms with Crippen molar-refractivity contribution in [1.29, 1.82) is 0 Å². The lowest BCUT2D eigenvalue weighted by Crippen LogP contribution is -2.00. The Morgan fingerprint density at radius 3 is 2.89 bits per heavy atom. The maximum Gasteiger partial charge on any atom is 0.339 e. The molecule has 0 aromatic carbocycles. The van der Waals surface area contributed by atoms with Gasteiger partial charge in [0.2, 0.25) is 5.82 Å². The topological polar surface area (TPSA) is 80.6 Å². The number of carboxylic acids is 1. The predicted molar refractivity (Wildman–Crippen MR) is 62.4 cm³/mol. The van der Waals surface area contributed by atoms with Crippen molar-refractivity contribution >= 4 is 11.6 Å². The molecule has 0 spiro atoms. The highest BCUT2D eigenvalue weighted by Gasteiger charge is 2.15. The molecule has 18 heavy (non-hydrogen) atoms. The van der Waals surface area contributed by atoms with E-state index in [4.69, 9.17) is 9.52 Å². The third-order valence-corrected chi connectivity index (χ3v) is 2.55. The number of fused-ring (bicyclic) bond motifs is 1. The van der Waals surface area contributed by atoms with Crippen LogP contribution in [0.4, 0.5) is 0 Å². The second-order valence-electron chi connectivity index (χ2n) is 3.84. The van der Waals surface area contributed by atoms with Crippen LogP contribution in [0, 0.1) is 6.92 Å². The number of hydrogen-bond acceptors (Lipinski definition) is 4. The summed E-state index contributed by atoms with van der Waals surface area (Å²) in [7, 11) is 0. The van der Waals surface area contributed by atoms with Crippen molar-refractivity contribution in [3.63, 3.8) is 0 Å². The van der Waals surface area contributed by atoms with Crippen LogP contribution in [0.5, 0.6) is 0 Å². The van der Waals surface area contributed by atoms with Gasteiger partial charge in [0.05, 0.1) is 0 Å². The number of hydrogen-bond donors (Lipinski definition) is 1. The second-order valence-corrected chi connectivity index (χ2v) is 3.84. The van der Waals surface area contributed by atoms with Gasteiger partial charge in [-0.3, -0.25) is 0 Å². The van der Waals surface area contributed by atoms with Crippen molar-refractivity contribution in [2.24, 2.45) is 0 Å². The molecule has 0 bridgehead atoms. The molecule has 0 aliphatic rings. The monoisotopic (exact) mass is 243 g/mol. The number of rotatable bonds is 2. The molecule has 0 aliphatic heterocycles. The number of furan rings is 1. The highest BCUT2D eigenvalue weighted by Crippen LogP contribution is 2.20. The Hall–Kier alpha value is -2.63. The highest BCUT2D eigenvalue weighted by atomic mass is 16.4. The molecule has 0 unspecified atom stereocenters. The molecule has 0 aliphatic carbocycles. The van der Waals surface area contributed by atoms with E-state index >= 15 is 0 Å². The van der Waals surface area contributed by atoms with Crippen LogP contribution < -0.4 is 0 Å². The van der Waals surface area contributed by atoms with Gasteiger partial charge >= 0.3 is 5.97 Å². The molecule has 6 nitrogen and oxygen atoms in total. The molecule has 90 valence electrons. The van der Waals surface area contributed by atoms with E-state index < -0.39 is 5.97 Å². The number of aromatic nitrogens is 3. The van der Waals surface area contributed by atoms with Gasteiger partial charge < -0.3 is 9.52 Å². The summed E-state index contributed by atoms with van der Waals surface area (Å²) in [6, 6.07) is 6.66. The van der Waals surface area contributed by atoms with Crippen molar-refractivity contribution in [3.8, 4) is 11.6 Å². The lowest BCUT2D eigenvalue weighted by molar-refractivity contribution is 0.0698. The first kappa shape index (κ1) is 10.5. The first-order chi connectivity index (χ1) is 8.65. The second kappa shape index (κ2) is 3.69. The first-order valence-corrected chi connectivity index (χ1v) is 5.30. The summed E-state index contributed by atoms with van der Waals surface area (Å²) in [4.78, 5) is 15.3. The van der Waals surface area contributed by atoms with E-state index in [1.807, 2.05) is 6.92 Å². The fourth-order valence-electron chi connectivity index (χ4n) is 1.73. The minimum absolute atomic E-state index is 0.111. The van der Waals surface area contributed by atoms with E-state index in [-0.39, 0.29) is 5.56 Å². The summed E-state index contributed by atoms with van der Waals surface area (Å²) in [5.74, 6) is 0.613. The Balaban J connectivity index is 2.22. The highest BCUT2D eigenvalue weighted by molar-refractivity contribution is 5.94.